The van der Waals surface area contributed by atoms with E-state index in [2.05, 4.69) is 41.8 Å². The summed E-state index contributed by atoms with van der Waals surface area (Å²) in [7, 11) is 0. The first-order valence-corrected chi connectivity index (χ1v) is 6.78. The maximum Gasteiger partial charge on any atom is 0.227 e. The minimum atomic E-state index is -0.166. The summed E-state index contributed by atoms with van der Waals surface area (Å²) in [5.41, 5.74) is 2.41. The molecule has 3 rings (SSSR count). The molecular formula is C15H20N2O. The van der Waals surface area contributed by atoms with Crippen LogP contribution in [0.3, 0.4) is 0 Å². The third-order valence-corrected chi connectivity index (χ3v) is 4.56. The van der Waals surface area contributed by atoms with Gasteiger partial charge >= 0.3 is 0 Å². The van der Waals surface area contributed by atoms with E-state index in [0.29, 0.717) is 5.92 Å². The summed E-state index contributed by atoms with van der Waals surface area (Å²) in [5.74, 6) is 0.599. The van der Waals surface area contributed by atoms with Gasteiger partial charge in [0, 0.05) is 12.5 Å². The highest BCUT2D eigenvalue weighted by molar-refractivity contribution is 5.86. The van der Waals surface area contributed by atoms with Gasteiger partial charge in [0.2, 0.25) is 5.91 Å². The molecule has 96 valence electrons. The van der Waals surface area contributed by atoms with Gasteiger partial charge in [0.15, 0.2) is 0 Å². The lowest BCUT2D eigenvalue weighted by Crippen LogP contribution is -2.44. The summed E-state index contributed by atoms with van der Waals surface area (Å²) in [6, 6.07) is 8.66. The lowest BCUT2D eigenvalue weighted by Gasteiger charge is -2.36. The summed E-state index contributed by atoms with van der Waals surface area (Å²) < 4.78 is 0. The number of amides is 1. The average Bonchev–Trinajstić information content (AvgIpc) is 2.70. The van der Waals surface area contributed by atoms with Gasteiger partial charge in [0.05, 0.1) is 5.41 Å². The standard InChI is InChI=1S/C15H20N2O/c1-11-2-4-12(5-3-11)13-10-17-14(18)15(13)6-8-16-9-7-15/h2-5,13,16H,6-10H2,1H3,(H,17,18)/t13-/m1/s1. The van der Waals surface area contributed by atoms with E-state index < -0.39 is 0 Å². The monoisotopic (exact) mass is 244 g/mol. The fourth-order valence-electron chi connectivity index (χ4n) is 3.41. The van der Waals surface area contributed by atoms with Gasteiger partial charge in [-0.2, -0.15) is 0 Å². The number of carbonyl (C=O) groups is 1. The van der Waals surface area contributed by atoms with Crippen molar-refractivity contribution in [3.05, 3.63) is 35.4 Å². The van der Waals surface area contributed by atoms with Crippen molar-refractivity contribution in [3.8, 4) is 0 Å². The maximum atomic E-state index is 12.3. The van der Waals surface area contributed by atoms with Crippen LogP contribution in [0.4, 0.5) is 0 Å². The molecule has 1 aromatic rings. The van der Waals surface area contributed by atoms with E-state index in [9.17, 15) is 4.79 Å². The Bertz CT molecular complexity index is 446. The third kappa shape index (κ3) is 1.74. The van der Waals surface area contributed by atoms with E-state index in [1.165, 1.54) is 11.1 Å². The Morgan fingerprint density at radius 3 is 2.50 bits per heavy atom. The van der Waals surface area contributed by atoms with Crippen molar-refractivity contribution in [1.29, 1.82) is 0 Å². The van der Waals surface area contributed by atoms with Gasteiger partial charge in [-0.15, -0.1) is 0 Å². The van der Waals surface area contributed by atoms with Crippen LogP contribution in [0.5, 0.6) is 0 Å². The molecular weight excluding hydrogens is 224 g/mol. The molecule has 2 fully saturated rings. The van der Waals surface area contributed by atoms with Crippen molar-refractivity contribution in [2.45, 2.75) is 25.7 Å². The van der Waals surface area contributed by atoms with Gasteiger partial charge in [-0.3, -0.25) is 4.79 Å². The smallest absolute Gasteiger partial charge is 0.227 e. The molecule has 0 aliphatic carbocycles. The van der Waals surface area contributed by atoms with Gasteiger partial charge < -0.3 is 10.6 Å². The summed E-state index contributed by atoms with van der Waals surface area (Å²) in [4.78, 5) is 12.3. The molecule has 1 spiro atoms. The highest BCUT2D eigenvalue weighted by atomic mass is 16.2. The van der Waals surface area contributed by atoms with E-state index >= 15 is 0 Å². The molecule has 2 aliphatic rings. The molecule has 0 radical (unpaired) electrons. The van der Waals surface area contributed by atoms with Gasteiger partial charge in [0.25, 0.3) is 0 Å². The Balaban J connectivity index is 1.95. The Kier molecular flexibility index (Phi) is 2.86. The number of hydrogen-bond donors (Lipinski definition) is 2. The first kappa shape index (κ1) is 11.7. The van der Waals surface area contributed by atoms with Gasteiger partial charge in [-0.25, -0.2) is 0 Å². The van der Waals surface area contributed by atoms with Crippen molar-refractivity contribution in [2.75, 3.05) is 19.6 Å². The van der Waals surface area contributed by atoms with E-state index in [-0.39, 0.29) is 11.3 Å². The second-order valence-electron chi connectivity index (χ2n) is 5.58. The van der Waals surface area contributed by atoms with E-state index in [1.807, 2.05) is 0 Å². The van der Waals surface area contributed by atoms with Crippen LogP contribution < -0.4 is 10.6 Å². The van der Waals surface area contributed by atoms with Crippen LogP contribution in [0, 0.1) is 12.3 Å². The Hall–Kier alpha value is -1.35. The lowest BCUT2D eigenvalue weighted by atomic mass is 9.68. The minimum Gasteiger partial charge on any atom is -0.355 e. The van der Waals surface area contributed by atoms with Crippen LogP contribution in [0.1, 0.15) is 29.9 Å². The minimum absolute atomic E-state index is 0.166. The number of benzene rings is 1. The molecule has 0 unspecified atom stereocenters. The van der Waals surface area contributed by atoms with Crippen LogP contribution >= 0.6 is 0 Å². The number of nitrogens with one attached hydrogen (secondary N) is 2. The maximum absolute atomic E-state index is 12.3. The van der Waals surface area contributed by atoms with E-state index in [1.54, 1.807) is 0 Å². The zero-order valence-corrected chi connectivity index (χ0v) is 10.8. The largest absolute Gasteiger partial charge is 0.355 e. The molecule has 2 saturated heterocycles. The molecule has 1 amide bonds. The molecule has 1 aromatic carbocycles. The molecule has 0 aromatic heterocycles. The van der Waals surface area contributed by atoms with Crippen molar-refractivity contribution < 1.29 is 4.79 Å². The zero-order chi connectivity index (χ0) is 12.6. The summed E-state index contributed by atoms with van der Waals surface area (Å²) in [6.45, 7) is 4.80. The Labute approximate surface area is 108 Å². The third-order valence-electron chi connectivity index (χ3n) is 4.56. The second kappa shape index (κ2) is 4.39. The first-order chi connectivity index (χ1) is 8.72. The van der Waals surface area contributed by atoms with Crippen molar-refractivity contribution in [1.82, 2.24) is 10.6 Å². The second-order valence-corrected chi connectivity index (χ2v) is 5.58. The van der Waals surface area contributed by atoms with Crippen LogP contribution in [0.25, 0.3) is 0 Å². The van der Waals surface area contributed by atoms with E-state index in [4.69, 9.17) is 0 Å². The number of hydrogen-bond acceptors (Lipinski definition) is 2. The molecule has 0 saturated carbocycles. The summed E-state index contributed by atoms with van der Waals surface area (Å²) in [6.07, 6.45) is 1.91. The molecule has 1 atom stereocenters. The molecule has 18 heavy (non-hydrogen) atoms. The Morgan fingerprint density at radius 2 is 1.83 bits per heavy atom. The summed E-state index contributed by atoms with van der Waals surface area (Å²) in [5, 5.41) is 6.43. The fraction of sp³-hybridized carbons (Fsp3) is 0.533. The topological polar surface area (TPSA) is 41.1 Å². The predicted octanol–water partition coefficient (Wildman–Crippen LogP) is 1.58. The van der Waals surface area contributed by atoms with Crippen molar-refractivity contribution >= 4 is 5.91 Å². The number of piperidine rings is 1. The number of aryl methyl sites for hydroxylation is 1. The van der Waals surface area contributed by atoms with Crippen LogP contribution in [-0.4, -0.2) is 25.5 Å². The molecule has 3 nitrogen and oxygen atoms in total. The fourth-order valence-corrected chi connectivity index (χ4v) is 3.41. The quantitative estimate of drug-likeness (QED) is 0.787. The SMILES string of the molecule is Cc1ccc([C@H]2CNC(=O)C23CCNCC3)cc1. The Morgan fingerprint density at radius 1 is 1.17 bits per heavy atom. The van der Waals surface area contributed by atoms with Gasteiger partial charge in [0.1, 0.15) is 0 Å². The molecule has 2 N–H and O–H groups in total. The van der Waals surface area contributed by atoms with Gasteiger partial charge in [-0.05, 0) is 38.4 Å². The van der Waals surface area contributed by atoms with Crippen LogP contribution in [0.2, 0.25) is 0 Å². The van der Waals surface area contributed by atoms with Crippen LogP contribution in [0.15, 0.2) is 24.3 Å². The molecule has 2 aliphatic heterocycles. The van der Waals surface area contributed by atoms with Gasteiger partial charge in [-0.1, -0.05) is 29.8 Å². The van der Waals surface area contributed by atoms with Crippen molar-refractivity contribution in [3.63, 3.8) is 0 Å². The van der Waals surface area contributed by atoms with Crippen LogP contribution in [-0.2, 0) is 4.79 Å². The number of carbonyl (C=O) groups excluding carboxylic acids is 1. The molecule has 2 heterocycles. The molecule has 0 bridgehead atoms. The number of rotatable bonds is 1. The predicted molar refractivity (Wildman–Crippen MR) is 71.5 cm³/mol. The highest BCUT2D eigenvalue weighted by Crippen LogP contribution is 2.46. The average molecular weight is 244 g/mol. The van der Waals surface area contributed by atoms with E-state index in [0.717, 1.165) is 32.5 Å². The lowest BCUT2D eigenvalue weighted by molar-refractivity contribution is -0.129. The first-order valence-electron chi connectivity index (χ1n) is 6.78. The summed E-state index contributed by atoms with van der Waals surface area (Å²) >= 11 is 0. The zero-order valence-electron chi connectivity index (χ0n) is 10.8. The molecule has 3 heteroatoms. The normalized spacial score (nSPS) is 26.3. The highest BCUT2D eigenvalue weighted by Gasteiger charge is 2.50. The van der Waals surface area contributed by atoms with Crippen molar-refractivity contribution in [2.24, 2.45) is 5.41 Å².